The summed E-state index contributed by atoms with van der Waals surface area (Å²) in [4.78, 5) is 32.3. The molecule has 1 saturated heterocycles. The van der Waals surface area contributed by atoms with Gasteiger partial charge in [0.25, 0.3) is 11.5 Å². The van der Waals surface area contributed by atoms with Crippen molar-refractivity contribution in [3.8, 4) is 5.69 Å². The predicted octanol–water partition coefficient (Wildman–Crippen LogP) is 3.87. The number of nitrogens with one attached hydrogen (secondary N) is 1. The number of benzene rings is 2. The number of nitrogens with zero attached hydrogens (tertiary/aromatic N) is 5. The Labute approximate surface area is 212 Å². The molecule has 1 amide bonds. The molecular formula is C26H29F2N7O2. The van der Waals surface area contributed by atoms with Gasteiger partial charge in [-0.1, -0.05) is 6.07 Å². The number of carbonyl (C=O) groups is 1. The molecule has 37 heavy (non-hydrogen) atoms. The molecule has 9 nitrogen and oxygen atoms in total. The van der Waals surface area contributed by atoms with E-state index in [1.54, 1.807) is 6.33 Å². The predicted molar refractivity (Wildman–Crippen MR) is 139 cm³/mol. The number of amides is 1. The van der Waals surface area contributed by atoms with E-state index in [0.29, 0.717) is 10.4 Å². The second-order valence-corrected chi connectivity index (χ2v) is 8.76. The Balaban J connectivity index is 0.00000156. The van der Waals surface area contributed by atoms with Crippen molar-refractivity contribution in [3.63, 3.8) is 0 Å². The van der Waals surface area contributed by atoms with Gasteiger partial charge in [0.2, 0.25) is 0 Å². The van der Waals surface area contributed by atoms with E-state index >= 15 is 0 Å². The summed E-state index contributed by atoms with van der Waals surface area (Å²) in [7, 11) is 1.50. The van der Waals surface area contributed by atoms with Crippen LogP contribution in [0, 0.1) is 11.6 Å². The van der Waals surface area contributed by atoms with E-state index in [2.05, 4.69) is 44.4 Å². The van der Waals surface area contributed by atoms with Crippen molar-refractivity contribution in [1.82, 2.24) is 19.3 Å². The molecule has 0 atom stereocenters. The number of imidazole rings is 1. The van der Waals surface area contributed by atoms with E-state index in [9.17, 15) is 18.4 Å². The van der Waals surface area contributed by atoms with Crippen LogP contribution in [0.4, 0.5) is 20.2 Å². The summed E-state index contributed by atoms with van der Waals surface area (Å²) < 4.78 is 31.2. The van der Waals surface area contributed by atoms with Crippen molar-refractivity contribution >= 4 is 28.3 Å². The van der Waals surface area contributed by atoms with Crippen LogP contribution in [0.5, 0.6) is 0 Å². The quantitative estimate of drug-likeness (QED) is 0.423. The SMILES string of the molecule is CC(C)n1cnc2c(N3CCCC3)c(NC(=O)c3ccc(=O)n(-c4c(F)cccc4F)n3)ccc21.CN. The van der Waals surface area contributed by atoms with Gasteiger partial charge < -0.3 is 20.5 Å². The highest BCUT2D eigenvalue weighted by molar-refractivity contribution is 6.08. The lowest BCUT2D eigenvalue weighted by Gasteiger charge is -2.22. The molecule has 0 radical (unpaired) electrons. The van der Waals surface area contributed by atoms with E-state index in [4.69, 9.17) is 0 Å². The first-order valence-corrected chi connectivity index (χ1v) is 12.0. The molecule has 4 aromatic rings. The van der Waals surface area contributed by atoms with Crippen LogP contribution >= 0.6 is 0 Å². The minimum atomic E-state index is -0.959. The Morgan fingerprint density at radius 2 is 1.68 bits per heavy atom. The van der Waals surface area contributed by atoms with Crippen LogP contribution in [0.1, 0.15) is 43.2 Å². The lowest BCUT2D eigenvalue weighted by molar-refractivity contribution is 0.102. The van der Waals surface area contributed by atoms with Gasteiger partial charge in [0.15, 0.2) is 11.6 Å². The monoisotopic (exact) mass is 509 g/mol. The van der Waals surface area contributed by atoms with Crippen LogP contribution in [-0.4, -0.2) is 45.4 Å². The lowest BCUT2D eigenvalue weighted by Crippen LogP contribution is -2.27. The van der Waals surface area contributed by atoms with E-state index in [1.807, 2.05) is 12.1 Å². The third-order valence-corrected chi connectivity index (χ3v) is 6.13. The summed E-state index contributed by atoms with van der Waals surface area (Å²) in [6.45, 7) is 5.83. The van der Waals surface area contributed by atoms with Gasteiger partial charge in [0.05, 0.1) is 23.2 Å². The molecule has 3 heterocycles. The fourth-order valence-electron chi connectivity index (χ4n) is 4.43. The van der Waals surface area contributed by atoms with Gasteiger partial charge in [-0.25, -0.2) is 13.8 Å². The number of carbonyl (C=O) groups excluding carboxylic acids is 1. The Kier molecular flexibility index (Phi) is 7.63. The first-order valence-electron chi connectivity index (χ1n) is 12.0. The van der Waals surface area contributed by atoms with Crippen molar-refractivity contribution < 1.29 is 13.6 Å². The highest BCUT2D eigenvalue weighted by atomic mass is 19.1. The molecule has 0 spiro atoms. The molecule has 0 saturated carbocycles. The van der Waals surface area contributed by atoms with Crippen molar-refractivity contribution in [2.24, 2.45) is 5.73 Å². The fourth-order valence-corrected chi connectivity index (χ4v) is 4.43. The highest BCUT2D eigenvalue weighted by Gasteiger charge is 2.24. The average Bonchev–Trinajstić information content (AvgIpc) is 3.56. The number of nitrogens with two attached hydrogens (primary N) is 1. The van der Waals surface area contributed by atoms with Crippen LogP contribution in [0.2, 0.25) is 0 Å². The molecular weight excluding hydrogens is 480 g/mol. The number of rotatable bonds is 5. The average molecular weight is 510 g/mol. The van der Waals surface area contributed by atoms with Gasteiger partial charge in [-0.3, -0.25) is 9.59 Å². The molecule has 0 aliphatic carbocycles. The summed E-state index contributed by atoms with van der Waals surface area (Å²) >= 11 is 0. The van der Waals surface area contributed by atoms with Crippen LogP contribution in [0.25, 0.3) is 16.7 Å². The van der Waals surface area contributed by atoms with E-state index < -0.39 is 28.8 Å². The smallest absolute Gasteiger partial charge is 0.276 e. The molecule has 2 aromatic heterocycles. The third-order valence-electron chi connectivity index (χ3n) is 6.13. The molecule has 194 valence electrons. The van der Waals surface area contributed by atoms with Crippen molar-refractivity contribution in [3.05, 3.63) is 76.5 Å². The number of aromatic nitrogens is 4. The van der Waals surface area contributed by atoms with Gasteiger partial charge in [-0.2, -0.15) is 9.78 Å². The number of hydrogen-bond donors (Lipinski definition) is 2. The molecule has 2 aromatic carbocycles. The van der Waals surface area contributed by atoms with Gasteiger partial charge in [-0.15, -0.1) is 0 Å². The number of halogens is 2. The van der Waals surface area contributed by atoms with E-state index in [1.165, 1.54) is 19.2 Å². The zero-order valence-electron chi connectivity index (χ0n) is 20.9. The molecule has 0 bridgehead atoms. The standard InChI is InChI=1S/C25H24F2N6O2.CH5N/c1-15(2)32-14-28-22-20(32)10-8-18(24(22)31-12-3-4-13-31)29-25(35)19-9-11-21(34)33(30-19)23-16(26)6-5-7-17(23)27;1-2/h5-11,14-15H,3-4,12-13H2,1-2H3,(H,29,35);2H2,1H3. The second-order valence-electron chi connectivity index (χ2n) is 8.76. The van der Waals surface area contributed by atoms with Crippen LogP contribution < -0.4 is 21.5 Å². The summed E-state index contributed by atoms with van der Waals surface area (Å²) in [5, 5.41) is 6.82. The first-order chi connectivity index (χ1) is 17.8. The first kappa shape index (κ1) is 26.0. The van der Waals surface area contributed by atoms with Crippen LogP contribution in [0.15, 0.2) is 53.6 Å². The number of hydrogen-bond acceptors (Lipinski definition) is 6. The van der Waals surface area contributed by atoms with Crippen molar-refractivity contribution in [1.29, 1.82) is 0 Å². The zero-order valence-corrected chi connectivity index (χ0v) is 20.9. The molecule has 3 N–H and O–H groups in total. The van der Waals surface area contributed by atoms with Gasteiger partial charge in [-0.05, 0) is 64.1 Å². The number of anilines is 2. The van der Waals surface area contributed by atoms with Gasteiger partial charge in [0, 0.05) is 25.2 Å². The van der Waals surface area contributed by atoms with E-state index in [-0.39, 0.29) is 11.7 Å². The maximum Gasteiger partial charge on any atom is 0.276 e. The van der Waals surface area contributed by atoms with Crippen LogP contribution in [0.3, 0.4) is 0 Å². The topological polar surface area (TPSA) is 111 Å². The minimum Gasteiger partial charge on any atom is -0.368 e. The Bertz CT molecular complexity index is 1470. The fraction of sp³-hybridized carbons (Fsp3) is 0.308. The van der Waals surface area contributed by atoms with Gasteiger partial charge >= 0.3 is 0 Å². The molecule has 1 aliphatic heterocycles. The van der Waals surface area contributed by atoms with Crippen molar-refractivity contribution in [2.75, 3.05) is 30.4 Å². The maximum absolute atomic E-state index is 14.3. The Morgan fingerprint density at radius 1 is 1.00 bits per heavy atom. The molecule has 11 heteroatoms. The van der Waals surface area contributed by atoms with E-state index in [0.717, 1.165) is 60.9 Å². The van der Waals surface area contributed by atoms with Crippen molar-refractivity contribution in [2.45, 2.75) is 32.7 Å². The largest absolute Gasteiger partial charge is 0.368 e. The molecule has 1 aliphatic rings. The zero-order chi connectivity index (χ0) is 26.7. The Hall–Kier alpha value is -4.12. The minimum absolute atomic E-state index is 0.160. The summed E-state index contributed by atoms with van der Waals surface area (Å²) in [6, 6.07) is 9.46. The summed E-state index contributed by atoms with van der Waals surface area (Å²) in [5.74, 6) is -2.53. The lowest BCUT2D eigenvalue weighted by atomic mass is 10.2. The molecule has 1 fully saturated rings. The maximum atomic E-state index is 14.3. The Morgan fingerprint density at radius 3 is 2.32 bits per heavy atom. The normalized spacial score (nSPS) is 13.1. The molecule has 5 rings (SSSR count). The van der Waals surface area contributed by atoms with Crippen LogP contribution in [-0.2, 0) is 0 Å². The summed E-state index contributed by atoms with van der Waals surface area (Å²) in [5.41, 5.74) is 6.06. The second kappa shape index (κ2) is 10.9. The molecule has 0 unspecified atom stereocenters. The summed E-state index contributed by atoms with van der Waals surface area (Å²) in [6.07, 6.45) is 3.87. The third kappa shape index (κ3) is 4.94. The number of para-hydroxylation sites is 1. The number of fused-ring (bicyclic) bond motifs is 1. The highest BCUT2D eigenvalue weighted by Crippen LogP contribution is 2.37. The van der Waals surface area contributed by atoms with Gasteiger partial charge in [0.1, 0.15) is 16.9 Å².